The maximum absolute atomic E-state index is 2.40. The molecule has 0 spiro atoms. The summed E-state index contributed by atoms with van der Waals surface area (Å²) in [7, 11) is 0. The molecule has 0 aliphatic carbocycles. The molecule has 2 heterocycles. The van der Waals surface area contributed by atoms with Crippen molar-refractivity contribution in [2.24, 2.45) is 0 Å². The van der Waals surface area contributed by atoms with Crippen molar-refractivity contribution >= 4 is 90.9 Å². The lowest BCUT2D eigenvalue weighted by Gasteiger charge is -2.26. The predicted molar refractivity (Wildman–Crippen MR) is 241 cm³/mol. The summed E-state index contributed by atoms with van der Waals surface area (Å²) in [6.45, 7) is 0. The molecule has 0 radical (unpaired) electrons. The van der Waals surface area contributed by atoms with Crippen molar-refractivity contribution in [1.82, 2.24) is 0 Å². The van der Waals surface area contributed by atoms with Crippen LogP contribution in [0.1, 0.15) is 0 Å². The predicted octanol–water partition coefficient (Wildman–Crippen LogP) is 16.0. The second-order valence-electron chi connectivity index (χ2n) is 14.1. The van der Waals surface area contributed by atoms with Gasteiger partial charge in [0.05, 0.1) is 0 Å². The summed E-state index contributed by atoms with van der Waals surface area (Å²) in [6.07, 6.45) is 0. The molecule has 9 aromatic carbocycles. The molecule has 0 aliphatic heterocycles. The summed E-state index contributed by atoms with van der Waals surface area (Å²) >= 11 is 3.75. The van der Waals surface area contributed by atoms with Gasteiger partial charge in [0.25, 0.3) is 0 Å². The molecule has 0 saturated carbocycles. The molecule has 0 saturated heterocycles. The number of thiophene rings is 2. The SMILES string of the molecule is c1ccc(-c2ccc(N(c3ccc(-c4cc5sc6ccccc6c5c5ccccc45)cc3)c3cccc(-c4cccc5sc6ccccc6c45)c3)cc2)cc1. The van der Waals surface area contributed by atoms with Gasteiger partial charge in [0.15, 0.2) is 0 Å². The summed E-state index contributed by atoms with van der Waals surface area (Å²) in [4.78, 5) is 2.39. The van der Waals surface area contributed by atoms with Crippen LogP contribution in [0.25, 0.3) is 84.5 Å². The molecule has 11 aromatic rings. The molecule has 3 heteroatoms. The molecule has 2 aromatic heterocycles. The fourth-order valence-corrected chi connectivity index (χ4v) is 10.6. The first-order valence-corrected chi connectivity index (χ1v) is 20.3. The van der Waals surface area contributed by atoms with Gasteiger partial charge in [-0.2, -0.15) is 0 Å². The van der Waals surface area contributed by atoms with Crippen LogP contribution in [0.4, 0.5) is 17.1 Å². The highest BCUT2D eigenvalue weighted by molar-refractivity contribution is 7.26. The van der Waals surface area contributed by atoms with Gasteiger partial charge in [-0.1, -0.05) is 140 Å². The average molecular weight is 736 g/mol. The smallest absolute Gasteiger partial charge is 0.0467 e. The first kappa shape index (κ1) is 32.0. The monoisotopic (exact) mass is 735 g/mol. The van der Waals surface area contributed by atoms with E-state index in [9.17, 15) is 0 Å². The first-order chi connectivity index (χ1) is 27.3. The molecule has 0 amide bonds. The fraction of sp³-hybridized carbons (Fsp3) is 0. The van der Waals surface area contributed by atoms with Crippen molar-refractivity contribution in [1.29, 1.82) is 0 Å². The molecular formula is C52H33NS2. The van der Waals surface area contributed by atoms with Gasteiger partial charge in [0.2, 0.25) is 0 Å². The molecule has 258 valence electrons. The molecule has 0 N–H and O–H groups in total. The van der Waals surface area contributed by atoms with E-state index in [4.69, 9.17) is 0 Å². The number of nitrogens with zero attached hydrogens (tertiary/aromatic N) is 1. The van der Waals surface area contributed by atoms with E-state index in [0.29, 0.717) is 0 Å². The summed E-state index contributed by atoms with van der Waals surface area (Å²) < 4.78 is 5.29. The molecule has 0 atom stereocenters. The summed E-state index contributed by atoms with van der Waals surface area (Å²) in [5.41, 5.74) is 10.7. The third-order valence-electron chi connectivity index (χ3n) is 10.9. The maximum atomic E-state index is 2.40. The Morgan fingerprint density at radius 2 is 0.800 bits per heavy atom. The summed E-state index contributed by atoms with van der Waals surface area (Å²) in [6, 6.07) is 73.3. The highest BCUT2D eigenvalue weighted by atomic mass is 32.1. The Hall–Kier alpha value is -6.52. The minimum absolute atomic E-state index is 1.11. The van der Waals surface area contributed by atoms with Crippen molar-refractivity contribution in [3.8, 4) is 33.4 Å². The number of anilines is 3. The minimum Gasteiger partial charge on any atom is -0.310 e. The number of hydrogen-bond donors (Lipinski definition) is 0. The quantitative estimate of drug-likeness (QED) is 0.164. The maximum Gasteiger partial charge on any atom is 0.0467 e. The molecular weight excluding hydrogens is 703 g/mol. The van der Waals surface area contributed by atoms with Crippen LogP contribution in [0.3, 0.4) is 0 Å². The van der Waals surface area contributed by atoms with Gasteiger partial charge in [-0.05, 0) is 105 Å². The van der Waals surface area contributed by atoms with E-state index in [-0.39, 0.29) is 0 Å². The third-order valence-corrected chi connectivity index (χ3v) is 13.1. The Labute approximate surface area is 327 Å². The van der Waals surface area contributed by atoms with Crippen molar-refractivity contribution in [2.75, 3.05) is 4.90 Å². The fourth-order valence-electron chi connectivity index (χ4n) is 8.33. The molecule has 0 aliphatic rings. The van der Waals surface area contributed by atoms with Crippen LogP contribution in [-0.4, -0.2) is 0 Å². The topological polar surface area (TPSA) is 3.24 Å². The lowest BCUT2D eigenvalue weighted by molar-refractivity contribution is 1.28. The van der Waals surface area contributed by atoms with Crippen LogP contribution in [0.2, 0.25) is 0 Å². The molecule has 1 nitrogen and oxygen atoms in total. The second kappa shape index (κ2) is 13.1. The largest absolute Gasteiger partial charge is 0.310 e. The lowest BCUT2D eigenvalue weighted by atomic mass is 9.95. The Kier molecular flexibility index (Phi) is 7.61. The normalized spacial score (nSPS) is 11.6. The molecule has 0 unspecified atom stereocenters. The van der Waals surface area contributed by atoms with Gasteiger partial charge < -0.3 is 4.90 Å². The molecule has 11 rings (SSSR count). The van der Waals surface area contributed by atoms with E-state index >= 15 is 0 Å². The lowest BCUT2D eigenvalue weighted by Crippen LogP contribution is -2.10. The zero-order valence-corrected chi connectivity index (χ0v) is 31.4. The van der Waals surface area contributed by atoms with Gasteiger partial charge in [-0.25, -0.2) is 0 Å². The van der Waals surface area contributed by atoms with Gasteiger partial charge in [0, 0.05) is 57.4 Å². The zero-order chi connectivity index (χ0) is 36.3. The molecule has 0 bridgehead atoms. The Morgan fingerprint density at radius 3 is 1.53 bits per heavy atom. The van der Waals surface area contributed by atoms with Crippen molar-refractivity contribution in [2.45, 2.75) is 0 Å². The van der Waals surface area contributed by atoms with Crippen molar-refractivity contribution in [3.05, 3.63) is 200 Å². The Morgan fingerprint density at radius 1 is 0.273 bits per heavy atom. The summed E-state index contributed by atoms with van der Waals surface area (Å²) in [5.74, 6) is 0. The highest BCUT2D eigenvalue weighted by Crippen LogP contribution is 2.45. The van der Waals surface area contributed by atoms with Gasteiger partial charge in [0.1, 0.15) is 0 Å². The van der Waals surface area contributed by atoms with E-state index in [1.165, 1.54) is 84.5 Å². The van der Waals surface area contributed by atoms with E-state index in [1.807, 2.05) is 22.7 Å². The van der Waals surface area contributed by atoms with E-state index < -0.39 is 0 Å². The number of benzene rings is 9. The van der Waals surface area contributed by atoms with Crippen molar-refractivity contribution in [3.63, 3.8) is 0 Å². The first-order valence-electron chi connectivity index (χ1n) is 18.7. The highest BCUT2D eigenvalue weighted by Gasteiger charge is 2.18. The van der Waals surface area contributed by atoms with Crippen LogP contribution in [-0.2, 0) is 0 Å². The van der Waals surface area contributed by atoms with Gasteiger partial charge in [-0.15, -0.1) is 22.7 Å². The number of rotatable bonds is 6. The van der Waals surface area contributed by atoms with Crippen LogP contribution >= 0.6 is 22.7 Å². The number of hydrogen-bond acceptors (Lipinski definition) is 3. The molecule has 55 heavy (non-hydrogen) atoms. The standard InChI is InChI=1S/C52H33NS2/c1-2-12-34(13-3-1)35-24-28-38(29-25-35)53(40-15-10-14-37(32-40)41-20-11-23-49-51(41)44-18-6-8-21-47(44)54-49)39-30-26-36(27-31-39)46-33-50-52(43-17-5-4-16-42(43)46)45-19-7-9-22-48(45)55-50/h1-33H. The van der Waals surface area contributed by atoms with Crippen LogP contribution in [0.5, 0.6) is 0 Å². The van der Waals surface area contributed by atoms with Crippen molar-refractivity contribution < 1.29 is 0 Å². The van der Waals surface area contributed by atoms with Crippen LogP contribution in [0.15, 0.2) is 200 Å². The van der Waals surface area contributed by atoms with Crippen LogP contribution < -0.4 is 4.90 Å². The average Bonchev–Trinajstić information content (AvgIpc) is 3.83. The summed E-state index contributed by atoms with van der Waals surface area (Å²) in [5, 5.41) is 7.91. The van der Waals surface area contributed by atoms with E-state index in [2.05, 4.69) is 205 Å². The third kappa shape index (κ3) is 5.43. The zero-order valence-electron chi connectivity index (χ0n) is 29.8. The van der Waals surface area contributed by atoms with Crippen LogP contribution in [0, 0.1) is 0 Å². The van der Waals surface area contributed by atoms with E-state index in [1.54, 1.807) is 0 Å². The Balaban J connectivity index is 1.05. The minimum atomic E-state index is 1.11. The van der Waals surface area contributed by atoms with E-state index in [0.717, 1.165) is 17.1 Å². The van der Waals surface area contributed by atoms with Gasteiger partial charge in [-0.3, -0.25) is 0 Å². The Bertz CT molecular complexity index is 3190. The number of fused-ring (bicyclic) bond motifs is 8. The molecule has 0 fully saturated rings. The van der Waals surface area contributed by atoms with Gasteiger partial charge >= 0.3 is 0 Å². The second-order valence-corrected chi connectivity index (χ2v) is 16.2.